The van der Waals surface area contributed by atoms with Crippen LogP contribution in [0.25, 0.3) is 0 Å². The Morgan fingerprint density at radius 3 is 2.35 bits per heavy atom. The number of benzene rings is 2. The van der Waals surface area contributed by atoms with Crippen LogP contribution in [0.1, 0.15) is 5.56 Å². The van der Waals surface area contributed by atoms with Crippen LogP contribution < -0.4 is 4.90 Å². The van der Waals surface area contributed by atoms with E-state index < -0.39 is 0 Å². The van der Waals surface area contributed by atoms with E-state index in [1.54, 1.807) is 7.05 Å². The van der Waals surface area contributed by atoms with E-state index in [9.17, 15) is 4.79 Å². The molecule has 20 heavy (non-hydrogen) atoms. The summed E-state index contributed by atoms with van der Waals surface area (Å²) in [6.07, 6.45) is 1.18. The first-order chi connectivity index (χ1) is 9.77. The number of nitrogens with zero attached hydrogens (tertiary/aromatic N) is 2. The molecule has 0 aromatic heterocycles. The highest BCUT2D eigenvalue weighted by atomic mass is 16.6. The summed E-state index contributed by atoms with van der Waals surface area (Å²) >= 11 is 0. The van der Waals surface area contributed by atoms with Gasteiger partial charge in [0.05, 0.1) is 0 Å². The predicted octanol–water partition coefficient (Wildman–Crippen LogP) is 2.85. The summed E-state index contributed by atoms with van der Waals surface area (Å²) in [5.74, 6) is -0.232. The highest BCUT2D eigenvalue weighted by Crippen LogP contribution is 2.10. The monoisotopic (exact) mass is 268 g/mol. The third kappa shape index (κ3) is 3.95. The van der Waals surface area contributed by atoms with E-state index in [0.717, 1.165) is 11.3 Å². The van der Waals surface area contributed by atoms with Crippen LogP contribution in [0.2, 0.25) is 0 Å². The Bertz CT molecular complexity index is 568. The molecule has 0 fully saturated rings. The Morgan fingerprint density at radius 2 is 1.70 bits per heavy atom. The molecule has 0 N–H and O–H groups in total. The maximum Gasteiger partial charge on any atom is 0.272 e. The minimum absolute atomic E-state index is 0.232. The summed E-state index contributed by atoms with van der Waals surface area (Å²) in [5.41, 5.74) is 1.82. The molecular formula is C16H16N2O2. The van der Waals surface area contributed by atoms with Crippen LogP contribution in [0.3, 0.4) is 0 Å². The fourth-order valence-corrected chi connectivity index (χ4v) is 1.63. The average Bonchev–Trinajstić information content (AvgIpc) is 2.52. The Balaban J connectivity index is 1.84. The molecule has 0 radical (unpaired) electrons. The lowest BCUT2D eigenvalue weighted by molar-refractivity contribution is -0.112. The molecule has 2 aromatic rings. The maximum absolute atomic E-state index is 11.9. The minimum atomic E-state index is -0.232. The second kappa shape index (κ2) is 7.09. The van der Waals surface area contributed by atoms with E-state index in [0.29, 0.717) is 6.61 Å². The van der Waals surface area contributed by atoms with Gasteiger partial charge in [0.25, 0.3) is 5.91 Å². The Morgan fingerprint density at radius 1 is 1.10 bits per heavy atom. The summed E-state index contributed by atoms with van der Waals surface area (Å²) in [5, 5.41) is 3.70. The van der Waals surface area contributed by atoms with Crippen LogP contribution in [0.15, 0.2) is 65.8 Å². The van der Waals surface area contributed by atoms with Crippen molar-refractivity contribution < 1.29 is 9.63 Å². The van der Waals surface area contributed by atoms with Gasteiger partial charge in [0.2, 0.25) is 0 Å². The van der Waals surface area contributed by atoms with Crippen LogP contribution in [-0.4, -0.2) is 19.2 Å². The number of carbonyl (C=O) groups is 1. The van der Waals surface area contributed by atoms with Gasteiger partial charge in [-0.15, -0.1) is 0 Å². The van der Waals surface area contributed by atoms with Crippen LogP contribution in [0, 0.1) is 0 Å². The highest BCUT2D eigenvalue weighted by Gasteiger charge is 2.07. The Kier molecular flexibility index (Phi) is 4.89. The van der Waals surface area contributed by atoms with Crippen LogP contribution in [-0.2, 0) is 16.2 Å². The van der Waals surface area contributed by atoms with Gasteiger partial charge in [-0.05, 0) is 17.7 Å². The maximum atomic E-state index is 11.9. The van der Waals surface area contributed by atoms with Gasteiger partial charge in [-0.25, -0.2) is 0 Å². The number of hydrogen-bond donors (Lipinski definition) is 0. The normalized spacial score (nSPS) is 10.4. The predicted molar refractivity (Wildman–Crippen MR) is 79.6 cm³/mol. The number of para-hydroxylation sites is 1. The van der Waals surface area contributed by atoms with E-state index >= 15 is 0 Å². The van der Waals surface area contributed by atoms with Gasteiger partial charge in [0.1, 0.15) is 12.8 Å². The zero-order valence-electron chi connectivity index (χ0n) is 11.3. The molecule has 1 amide bonds. The topological polar surface area (TPSA) is 41.9 Å². The number of hydrogen-bond acceptors (Lipinski definition) is 3. The largest absolute Gasteiger partial charge is 0.391 e. The molecule has 0 aliphatic rings. The number of rotatable bonds is 5. The standard InChI is InChI=1S/C16H16N2O2/c1-18(15-10-6-3-7-11-15)16(19)12-17-20-13-14-8-4-2-5-9-14/h2-12H,13H2,1H3/b17-12-. The molecular weight excluding hydrogens is 252 g/mol. The Hall–Kier alpha value is -2.62. The zero-order valence-corrected chi connectivity index (χ0v) is 11.3. The van der Waals surface area contributed by atoms with Crippen LogP contribution >= 0.6 is 0 Å². The lowest BCUT2D eigenvalue weighted by Gasteiger charge is -2.14. The molecule has 0 heterocycles. The fourth-order valence-electron chi connectivity index (χ4n) is 1.63. The lowest BCUT2D eigenvalue weighted by Crippen LogP contribution is -2.27. The van der Waals surface area contributed by atoms with Crippen molar-refractivity contribution in [1.29, 1.82) is 0 Å². The van der Waals surface area contributed by atoms with Crippen molar-refractivity contribution >= 4 is 17.8 Å². The SMILES string of the molecule is CN(C(=O)/C=N\OCc1ccccc1)c1ccccc1. The molecule has 0 bridgehead atoms. The van der Waals surface area contributed by atoms with Crippen LogP contribution in [0.5, 0.6) is 0 Å². The summed E-state index contributed by atoms with van der Waals surface area (Å²) < 4.78 is 0. The van der Waals surface area contributed by atoms with Gasteiger partial charge in [-0.2, -0.15) is 0 Å². The molecule has 2 aromatic carbocycles. The average molecular weight is 268 g/mol. The molecule has 0 spiro atoms. The highest BCUT2D eigenvalue weighted by molar-refractivity contribution is 6.32. The van der Waals surface area contributed by atoms with Crippen molar-refractivity contribution in [2.75, 3.05) is 11.9 Å². The second-order valence-electron chi connectivity index (χ2n) is 4.23. The first kappa shape index (κ1) is 13.8. The first-order valence-corrected chi connectivity index (χ1v) is 6.29. The van der Waals surface area contributed by atoms with E-state index in [1.165, 1.54) is 11.1 Å². The number of carbonyl (C=O) groups excluding carboxylic acids is 1. The van der Waals surface area contributed by atoms with Gasteiger partial charge < -0.3 is 9.74 Å². The summed E-state index contributed by atoms with van der Waals surface area (Å²) in [6, 6.07) is 19.0. The molecule has 0 saturated carbocycles. The second-order valence-corrected chi connectivity index (χ2v) is 4.23. The Labute approximate surface area is 118 Å². The molecule has 0 unspecified atom stereocenters. The third-order valence-corrected chi connectivity index (χ3v) is 2.79. The zero-order chi connectivity index (χ0) is 14.2. The van der Waals surface area contributed by atoms with Gasteiger partial charge in [-0.1, -0.05) is 53.7 Å². The number of anilines is 1. The summed E-state index contributed by atoms with van der Waals surface area (Å²) in [4.78, 5) is 18.5. The smallest absolute Gasteiger partial charge is 0.272 e. The molecule has 0 saturated heterocycles. The van der Waals surface area contributed by atoms with E-state index in [-0.39, 0.29) is 5.91 Å². The molecule has 2 rings (SSSR count). The van der Waals surface area contributed by atoms with Crippen molar-refractivity contribution in [3.8, 4) is 0 Å². The van der Waals surface area contributed by atoms with E-state index in [2.05, 4.69) is 5.16 Å². The van der Waals surface area contributed by atoms with E-state index in [1.807, 2.05) is 60.7 Å². The molecule has 0 aliphatic heterocycles. The van der Waals surface area contributed by atoms with Crippen molar-refractivity contribution in [3.63, 3.8) is 0 Å². The molecule has 4 heteroatoms. The van der Waals surface area contributed by atoms with Crippen molar-refractivity contribution in [1.82, 2.24) is 0 Å². The van der Waals surface area contributed by atoms with Crippen molar-refractivity contribution in [2.24, 2.45) is 5.16 Å². The van der Waals surface area contributed by atoms with Gasteiger partial charge >= 0.3 is 0 Å². The lowest BCUT2D eigenvalue weighted by atomic mass is 10.2. The number of amides is 1. The quantitative estimate of drug-likeness (QED) is 0.618. The fraction of sp³-hybridized carbons (Fsp3) is 0.125. The van der Waals surface area contributed by atoms with Crippen LogP contribution in [0.4, 0.5) is 5.69 Å². The third-order valence-electron chi connectivity index (χ3n) is 2.79. The summed E-state index contributed by atoms with van der Waals surface area (Å²) in [6.45, 7) is 0.347. The number of oxime groups is 1. The summed E-state index contributed by atoms with van der Waals surface area (Å²) in [7, 11) is 1.70. The van der Waals surface area contributed by atoms with Gasteiger partial charge in [0.15, 0.2) is 0 Å². The van der Waals surface area contributed by atoms with Gasteiger partial charge in [-0.3, -0.25) is 4.79 Å². The first-order valence-electron chi connectivity index (χ1n) is 6.29. The molecule has 0 atom stereocenters. The minimum Gasteiger partial charge on any atom is -0.391 e. The van der Waals surface area contributed by atoms with Crippen molar-refractivity contribution in [3.05, 3.63) is 66.2 Å². The molecule has 0 aliphatic carbocycles. The van der Waals surface area contributed by atoms with Gasteiger partial charge in [0, 0.05) is 12.7 Å². The van der Waals surface area contributed by atoms with Crippen molar-refractivity contribution in [2.45, 2.75) is 6.61 Å². The molecule has 102 valence electrons. The molecule has 4 nitrogen and oxygen atoms in total. The van der Waals surface area contributed by atoms with E-state index in [4.69, 9.17) is 4.84 Å².